The first-order chi connectivity index (χ1) is 33.9. The standard InChI is InChI=1S/C67H62N2/c1-66(2)61-40-63(68(54-28-23-49(24-29-54)47-15-7-3-8-16-47)55-30-26-52(27-31-55)67-41-44-35-45(42-67)37-46(36-44)43-67)58(50-19-11-5-12-20-50)39-59(61)56-32-33-57-60-38-51(48-17-9-4-10-18-48)25-34-62(60)69(65(57)64(56)66)53-21-13-6-14-22-53/h4-6,9-14,17-34,38-40,44-47H,3,7-8,15-16,35-37,41-43H2,1-2H3. The first kappa shape index (κ1) is 41.3. The molecule has 1 aromatic heterocycles. The van der Waals surface area contributed by atoms with Crippen LogP contribution in [-0.4, -0.2) is 4.57 Å². The van der Waals surface area contributed by atoms with E-state index in [1.54, 1.807) is 5.56 Å². The molecule has 2 heteroatoms. The number of rotatable bonds is 8. The van der Waals surface area contributed by atoms with Gasteiger partial charge in [0.1, 0.15) is 0 Å². The average Bonchev–Trinajstić information content (AvgIpc) is 3.84. The number of hydrogen-bond acceptors (Lipinski definition) is 1. The SMILES string of the molecule is CC1(C)c2cc(N(c3ccc(C4CCCCC4)cc3)c3ccc(C45CC6CC(CC(C6)C4)C5)cc3)c(-c3ccccc3)cc2-c2ccc3c4cc(-c5ccccc5)ccc4n(-c4ccccc4)c3c21. The molecule has 9 aromatic rings. The number of nitrogens with zero attached hydrogens (tertiary/aromatic N) is 2. The van der Waals surface area contributed by atoms with Crippen LogP contribution in [-0.2, 0) is 10.8 Å². The van der Waals surface area contributed by atoms with Crippen molar-refractivity contribution in [3.05, 3.63) is 204 Å². The minimum atomic E-state index is -0.309. The van der Waals surface area contributed by atoms with E-state index in [2.05, 4.69) is 205 Å². The number of para-hydroxylation sites is 1. The zero-order chi connectivity index (χ0) is 45.8. The zero-order valence-corrected chi connectivity index (χ0v) is 40.3. The summed E-state index contributed by atoms with van der Waals surface area (Å²) in [4.78, 5) is 2.61. The maximum Gasteiger partial charge on any atom is 0.0588 e. The fraction of sp³-hybridized carbons (Fsp3) is 0.284. The van der Waals surface area contributed by atoms with Crippen molar-refractivity contribution >= 4 is 38.9 Å². The highest BCUT2D eigenvalue weighted by Gasteiger charge is 2.51. The second-order valence-electron chi connectivity index (χ2n) is 22.6. The summed E-state index contributed by atoms with van der Waals surface area (Å²) in [7, 11) is 0. The minimum absolute atomic E-state index is 0.309. The van der Waals surface area contributed by atoms with Crippen molar-refractivity contribution in [3.8, 4) is 39.1 Å². The van der Waals surface area contributed by atoms with Crippen molar-refractivity contribution < 1.29 is 0 Å². The first-order valence-electron chi connectivity index (χ1n) is 26.4. The third-order valence-electron chi connectivity index (χ3n) is 18.1. The molecule has 0 amide bonds. The Bertz CT molecular complexity index is 3350. The number of benzene rings is 8. The molecule has 6 aliphatic carbocycles. The van der Waals surface area contributed by atoms with Gasteiger partial charge in [0.15, 0.2) is 0 Å². The fourth-order valence-corrected chi connectivity index (χ4v) is 15.3. The van der Waals surface area contributed by atoms with Crippen LogP contribution in [0.2, 0.25) is 0 Å². The summed E-state index contributed by atoms with van der Waals surface area (Å²) in [5.74, 6) is 3.42. The van der Waals surface area contributed by atoms with Crippen molar-refractivity contribution in [2.24, 2.45) is 17.8 Å². The van der Waals surface area contributed by atoms with Gasteiger partial charge in [0.25, 0.3) is 0 Å². The molecule has 0 spiro atoms. The third kappa shape index (κ3) is 6.65. The topological polar surface area (TPSA) is 8.17 Å². The molecule has 0 radical (unpaired) electrons. The maximum atomic E-state index is 2.61. The predicted molar refractivity (Wildman–Crippen MR) is 290 cm³/mol. The second-order valence-corrected chi connectivity index (χ2v) is 22.6. The molecular formula is C67H62N2. The lowest BCUT2D eigenvalue weighted by molar-refractivity contribution is -0.00518. The molecule has 0 atom stereocenters. The average molecular weight is 895 g/mol. The monoisotopic (exact) mass is 894 g/mol. The van der Waals surface area contributed by atoms with E-state index in [1.807, 2.05) is 0 Å². The van der Waals surface area contributed by atoms with Crippen molar-refractivity contribution in [3.63, 3.8) is 0 Å². The zero-order valence-electron chi connectivity index (χ0n) is 40.3. The number of anilines is 3. The van der Waals surface area contributed by atoms with Crippen molar-refractivity contribution in [1.29, 1.82) is 0 Å². The Kier molecular flexibility index (Phi) is 9.56. The molecule has 5 fully saturated rings. The lowest BCUT2D eigenvalue weighted by atomic mass is 9.48. The Hall–Kier alpha value is -6.64. The van der Waals surface area contributed by atoms with Gasteiger partial charge in [-0.05, 0) is 191 Å². The molecule has 1 heterocycles. The summed E-state index contributed by atoms with van der Waals surface area (Å²) < 4.78 is 2.55. The van der Waals surface area contributed by atoms with Gasteiger partial charge in [-0.1, -0.05) is 154 Å². The highest BCUT2D eigenvalue weighted by atomic mass is 15.1. The van der Waals surface area contributed by atoms with Crippen LogP contribution in [0.4, 0.5) is 17.1 Å². The molecule has 340 valence electrons. The molecule has 0 unspecified atom stereocenters. The van der Waals surface area contributed by atoms with Gasteiger partial charge in [-0.3, -0.25) is 0 Å². The Morgan fingerprint density at radius 2 is 1.10 bits per heavy atom. The molecule has 69 heavy (non-hydrogen) atoms. The van der Waals surface area contributed by atoms with Gasteiger partial charge < -0.3 is 9.47 Å². The van der Waals surface area contributed by atoms with E-state index in [-0.39, 0.29) is 5.41 Å². The van der Waals surface area contributed by atoms with Crippen molar-refractivity contribution in [2.45, 2.75) is 101 Å². The summed E-state index contributed by atoms with van der Waals surface area (Å²) in [6, 6.07) is 70.0. The smallest absolute Gasteiger partial charge is 0.0588 e. The Balaban J connectivity index is 0.971. The number of aromatic nitrogens is 1. The molecule has 4 bridgehead atoms. The Morgan fingerprint density at radius 3 is 1.75 bits per heavy atom. The molecule has 8 aromatic carbocycles. The van der Waals surface area contributed by atoms with Gasteiger partial charge in [-0.2, -0.15) is 0 Å². The minimum Gasteiger partial charge on any atom is -0.310 e. The van der Waals surface area contributed by atoms with E-state index in [0.717, 1.165) is 17.8 Å². The van der Waals surface area contributed by atoms with Crippen LogP contribution in [0.15, 0.2) is 182 Å². The van der Waals surface area contributed by atoms with Gasteiger partial charge in [-0.25, -0.2) is 0 Å². The maximum absolute atomic E-state index is 2.61. The van der Waals surface area contributed by atoms with Gasteiger partial charge >= 0.3 is 0 Å². The number of hydrogen-bond donors (Lipinski definition) is 0. The van der Waals surface area contributed by atoms with Crippen LogP contribution < -0.4 is 4.90 Å². The molecule has 0 saturated heterocycles. The largest absolute Gasteiger partial charge is 0.310 e. The van der Waals surface area contributed by atoms with Crippen LogP contribution in [0.25, 0.3) is 60.9 Å². The van der Waals surface area contributed by atoms with E-state index < -0.39 is 0 Å². The lowest BCUT2D eigenvalue weighted by Gasteiger charge is -2.57. The molecule has 6 aliphatic rings. The van der Waals surface area contributed by atoms with Crippen LogP contribution in [0.5, 0.6) is 0 Å². The summed E-state index contributed by atoms with van der Waals surface area (Å²) in [6.07, 6.45) is 15.2. The van der Waals surface area contributed by atoms with Gasteiger partial charge in [0.05, 0.1) is 16.7 Å². The Morgan fingerprint density at radius 1 is 0.493 bits per heavy atom. The van der Waals surface area contributed by atoms with E-state index in [9.17, 15) is 0 Å². The van der Waals surface area contributed by atoms with Gasteiger partial charge in [0.2, 0.25) is 0 Å². The molecule has 0 N–H and O–H groups in total. The highest BCUT2D eigenvalue weighted by Crippen LogP contribution is 2.61. The van der Waals surface area contributed by atoms with Crippen LogP contribution >= 0.6 is 0 Å². The van der Waals surface area contributed by atoms with E-state index >= 15 is 0 Å². The molecule has 5 saturated carbocycles. The van der Waals surface area contributed by atoms with Crippen LogP contribution in [0.1, 0.15) is 113 Å². The number of fused-ring (bicyclic) bond motifs is 7. The summed E-state index contributed by atoms with van der Waals surface area (Å²) in [5.41, 5.74) is 21.0. The first-order valence-corrected chi connectivity index (χ1v) is 26.4. The molecule has 2 nitrogen and oxygen atoms in total. The van der Waals surface area contributed by atoms with Crippen LogP contribution in [0.3, 0.4) is 0 Å². The van der Waals surface area contributed by atoms with Crippen molar-refractivity contribution in [2.75, 3.05) is 4.90 Å². The third-order valence-corrected chi connectivity index (χ3v) is 18.1. The van der Waals surface area contributed by atoms with Gasteiger partial charge in [-0.15, -0.1) is 0 Å². The highest BCUT2D eigenvalue weighted by molar-refractivity contribution is 6.14. The van der Waals surface area contributed by atoms with E-state index in [1.165, 1.54) is 165 Å². The van der Waals surface area contributed by atoms with E-state index in [4.69, 9.17) is 0 Å². The summed E-state index contributed by atoms with van der Waals surface area (Å²) in [5, 5.41) is 2.59. The van der Waals surface area contributed by atoms with Gasteiger partial charge in [0, 0.05) is 38.8 Å². The summed E-state index contributed by atoms with van der Waals surface area (Å²) in [6.45, 7) is 4.96. The molecular weight excluding hydrogens is 833 g/mol. The Labute approximate surface area is 408 Å². The van der Waals surface area contributed by atoms with Crippen molar-refractivity contribution in [1.82, 2.24) is 4.57 Å². The molecule has 0 aliphatic heterocycles. The molecule has 15 rings (SSSR count). The van der Waals surface area contributed by atoms with E-state index in [0.29, 0.717) is 11.3 Å². The van der Waals surface area contributed by atoms with Crippen LogP contribution in [0, 0.1) is 17.8 Å². The second kappa shape index (κ2) is 16.0. The predicted octanol–water partition coefficient (Wildman–Crippen LogP) is 18.4. The normalized spacial score (nSPS) is 22.3. The fourth-order valence-electron chi connectivity index (χ4n) is 15.3. The summed E-state index contributed by atoms with van der Waals surface area (Å²) >= 11 is 0. The lowest BCUT2D eigenvalue weighted by Crippen LogP contribution is -2.48. The quantitative estimate of drug-likeness (QED) is 0.148.